The van der Waals surface area contributed by atoms with Gasteiger partial charge >= 0.3 is 6.30 Å². The van der Waals surface area contributed by atoms with Gasteiger partial charge in [0.1, 0.15) is 0 Å². The number of hydrazine groups is 1. The zero-order chi connectivity index (χ0) is 12.7. The van der Waals surface area contributed by atoms with E-state index in [-0.39, 0.29) is 13.1 Å². The van der Waals surface area contributed by atoms with Gasteiger partial charge in [0.2, 0.25) is 0 Å². The summed E-state index contributed by atoms with van der Waals surface area (Å²) in [4.78, 5) is 0. The maximum atomic E-state index is 12.6. The maximum absolute atomic E-state index is 12.6. The van der Waals surface area contributed by atoms with Gasteiger partial charge in [0.05, 0.1) is 0 Å². The lowest BCUT2D eigenvalue weighted by Crippen LogP contribution is -2.43. The summed E-state index contributed by atoms with van der Waals surface area (Å²) in [6.45, 7) is 2.03. The number of halogens is 4. The molecule has 1 heterocycles. The fraction of sp³-hybridized carbons (Fsp3) is 0.455. The lowest BCUT2D eigenvalue weighted by molar-refractivity contribution is -0.255. The van der Waals surface area contributed by atoms with E-state index in [2.05, 4.69) is 21.4 Å². The molecule has 0 aliphatic carbocycles. The highest BCUT2D eigenvalue weighted by Crippen LogP contribution is 2.34. The lowest BCUT2D eigenvalue weighted by Gasteiger charge is -2.24. The quantitative estimate of drug-likeness (QED) is 0.802. The Morgan fingerprint density at radius 1 is 1.41 bits per heavy atom. The Bertz CT molecular complexity index is 421. The predicted molar refractivity (Wildman–Crippen MR) is 62.3 cm³/mol. The summed E-state index contributed by atoms with van der Waals surface area (Å²) in [5.41, 5.74) is 2.76. The Morgan fingerprint density at radius 2 is 2.12 bits per heavy atom. The molecule has 0 bridgehead atoms. The van der Waals surface area contributed by atoms with Crippen molar-refractivity contribution in [1.82, 2.24) is 10.4 Å². The van der Waals surface area contributed by atoms with Crippen LogP contribution in [0.3, 0.4) is 0 Å². The van der Waals surface area contributed by atoms with Crippen molar-refractivity contribution in [2.24, 2.45) is 0 Å². The Kier molecular flexibility index (Phi) is 3.22. The number of nitrogens with one attached hydrogen (secondary N) is 1. The summed E-state index contributed by atoms with van der Waals surface area (Å²) in [5.74, 6) is 0. The Hall–Kier alpha value is -0.590. The minimum Gasteiger partial charge on any atom is -0.247 e. The zero-order valence-corrected chi connectivity index (χ0v) is 10.8. The molecular formula is C11H12BrF3N2. The molecule has 2 rings (SSSR count). The van der Waals surface area contributed by atoms with E-state index < -0.39 is 11.7 Å². The summed E-state index contributed by atoms with van der Waals surface area (Å²) >= 11 is 3.33. The van der Waals surface area contributed by atoms with E-state index in [1.165, 1.54) is 0 Å². The summed E-state index contributed by atoms with van der Waals surface area (Å²) in [6.07, 6.45) is -4.33. The second kappa shape index (κ2) is 4.26. The molecule has 0 aromatic heterocycles. The molecule has 1 aliphatic rings. The van der Waals surface area contributed by atoms with Crippen LogP contribution in [0.4, 0.5) is 13.2 Å². The fourth-order valence-corrected chi connectivity index (χ4v) is 2.37. The van der Waals surface area contributed by atoms with E-state index in [9.17, 15) is 13.2 Å². The molecule has 1 aromatic carbocycles. The third-order valence-corrected chi connectivity index (χ3v) is 3.49. The highest BCUT2D eigenvalue weighted by Gasteiger charge is 2.47. The molecule has 1 N–H and O–H groups in total. The largest absolute Gasteiger partial charge is 0.473 e. The smallest absolute Gasteiger partial charge is 0.247 e. The van der Waals surface area contributed by atoms with Crippen molar-refractivity contribution in [2.45, 2.75) is 18.6 Å². The Balaban J connectivity index is 2.23. The summed E-state index contributed by atoms with van der Waals surface area (Å²) in [6, 6.07) is 7.41. The molecular weight excluding hydrogens is 297 g/mol. The average molecular weight is 309 g/mol. The van der Waals surface area contributed by atoms with Crippen LogP contribution in [0.15, 0.2) is 28.7 Å². The normalized spacial score (nSPS) is 26.4. The molecule has 2 nitrogen and oxygen atoms in total. The topological polar surface area (TPSA) is 15.3 Å². The van der Waals surface area contributed by atoms with Crippen molar-refractivity contribution in [3.05, 3.63) is 34.3 Å². The molecule has 6 heteroatoms. The molecule has 94 valence electrons. The summed E-state index contributed by atoms with van der Waals surface area (Å²) < 4.78 is 38.5. The van der Waals surface area contributed by atoms with Crippen molar-refractivity contribution < 1.29 is 13.2 Å². The van der Waals surface area contributed by atoms with Crippen molar-refractivity contribution >= 4 is 15.9 Å². The predicted octanol–water partition coefficient (Wildman–Crippen LogP) is 3.05. The molecule has 0 saturated carbocycles. The Morgan fingerprint density at radius 3 is 2.65 bits per heavy atom. The average Bonchev–Trinajstić information content (AvgIpc) is 2.62. The summed E-state index contributed by atoms with van der Waals surface area (Å²) in [5, 5.41) is 0.341. The van der Waals surface area contributed by atoms with Crippen molar-refractivity contribution in [1.29, 1.82) is 0 Å². The highest BCUT2D eigenvalue weighted by atomic mass is 79.9. The van der Waals surface area contributed by atoms with Crippen molar-refractivity contribution in [3.63, 3.8) is 0 Å². The van der Waals surface area contributed by atoms with Crippen LogP contribution in [-0.4, -0.2) is 24.4 Å². The van der Waals surface area contributed by atoms with Crippen molar-refractivity contribution in [2.75, 3.05) is 13.1 Å². The van der Waals surface area contributed by atoms with Crippen LogP contribution in [0.2, 0.25) is 0 Å². The van der Waals surface area contributed by atoms with Crippen LogP contribution in [0.25, 0.3) is 0 Å². The van der Waals surface area contributed by atoms with Gasteiger partial charge < -0.3 is 0 Å². The molecule has 17 heavy (non-hydrogen) atoms. The van der Waals surface area contributed by atoms with E-state index in [1.54, 1.807) is 0 Å². The number of nitrogens with zero attached hydrogens (tertiary/aromatic N) is 1. The highest BCUT2D eigenvalue weighted by molar-refractivity contribution is 9.10. The van der Waals surface area contributed by atoms with Gasteiger partial charge in [-0.05, 0) is 17.7 Å². The van der Waals surface area contributed by atoms with Crippen LogP contribution in [-0.2, 0) is 5.41 Å². The van der Waals surface area contributed by atoms with Crippen LogP contribution in [0.5, 0.6) is 0 Å². The van der Waals surface area contributed by atoms with Crippen LogP contribution in [0, 0.1) is 0 Å². The first-order chi connectivity index (χ1) is 7.81. The van der Waals surface area contributed by atoms with Gasteiger partial charge in [-0.1, -0.05) is 35.0 Å². The molecule has 1 unspecified atom stereocenters. The standard InChI is InChI=1S/C11H12BrF3N2/c1-10(8-3-2-4-9(12)5-8)6-16-17(7-10)11(13,14)15/h2-5,16H,6-7H2,1H3. The van der Waals surface area contributed by atoms with E-state index in [0.29, 0.717) is 5.01 Å². The first kappa shape index (κ1) is 12.9. The molecule has 1 aromatic rings. The third-order valence-electron chi connectivity index (χ3n) is 2.99. The van der Waals surface area contributed by atoms with Gasteiger partial charge in [0.25, 0.3) is 0 Å². The van der Waals surface area contributed by atoms with Gasteiger partial charge in [-0.25, -0.2) is 5.43 Å². The molecule has 1 saturated heterocycles. The minimum absolute atomic E-state index is 0.0764. The second-order valence-corrected chi connectivity index (χ2v) is 5.38. The van der Waals surface area contributed by atoms with Crippen LogP contribution >= 0.6 is 15.9 Å². The van der Waals surface area contributed by atoms with Crippen LogP contribution in [0.1, 0.15) is 12.5 Å². The van der Waals surface area contributed by atoms with E-state index >= 15 is 0 Å². The number of alkyl halides is 3. The lowest BCUT2D eigenvalue weighted by atomic mass is 9.83. The third kappa shape index (κ3) is 2.64. The number of hydrogen-bond acceptors (Lipinski definition) is 2. The molecule has 0 spiro atoms. The zero-order valence-electron chi connectivity index (χ0n) is 9.18. The van der Waals surface area contributed by atoms with E-state index in [0.717, 1.165) is 10.0 Å². The van der Waals surface area contributed by atoms with Crippen molar-refractivity contribution in [3.8, 4) is 0 Å². The molecule has 1 fully saturated rings. The van der Waals surface area contributed by atoms with Gasteiger partial charge in [-0.3, -0.25) is 0 Å². The van der Waals surface area contributed by atoms with Crippen LogP contribution < -0.4 is 5.43 Å². The Labute approximate surface area is 106 Å². The van der Waals surface area contributed by atoms with Gasteiger partial charge in [-0.2, -0.15) is 18.2 Å². The monoisotopic (exact) mass is 308 g/mol. The SMILES string of the molecule is CC1(c2cccc(Br)c2)CNN(C(F)(F)F)C1. The molecule has 1 atom stereocenters. The van der Waals surface area contributed by atoms with E-state index in [4.69, 9.17) is 0 Å². The molecule has 1 aliphatic heterocycles. The molecule has 0 radical (unpaired) electrons. The van der Waals surface area contributed by atoms with E-state index in [1.807, 2.05) is 31.2 Å². The summed E-state index contributed by atoms with van der Waals surface area (Å²) in [7, 11) is 0. The maximum Gasteiger partial charge on any atom is 0.473 e. The van der Waals surface area contributed by atoms with Gasteiger partial charge in [0, 0.05) is 23.0 Å². The first-order valence-electron chi connectivity index (χ1n) is 5.15. The first-order valence-corrected chi connectivity index (χ1v) is 5.94. The fourth-order valence-electron chi connectivity index (χ4n) is 1.97. The van der Waals surface area contributed by atoms with Gasteiger partial charge in [-0.15, -0.1) is 0 Å². The number of benzene rings is 1. The number of hydrogen-bond donors (Lipinski definition) is 1. The molecule has 0 amide bonds. The second-order valence-electron chi connectivity index (χ2n) is 4.46. The number of rotatable bonds is 1. The van der Waals surface area contributed by atoms with Gasteiger partial charge in [0.15, 0.2) is 0 Å². The minimum atomic E-state index is -4.33.